The third-order valence-corrected chi connectivity index (χ3v) is 4.06. The zero-order chi connectivity index (χ0) is 12.8. The maximum Gasteiger partial charge on any atom is 0.170 e. The molecule has 18 heavy (non-hydrogen) atoms. The Kier molecular flexibility index (Phi) is 2.50. The molecule has 0 bridgehead atoms. The number of hydrogen-bond acceptors (Lipinski definition) is 3. The predicted octanol–water partition coefficient (Wildman–Crippen LogP) is 3.89. The summed E-state index contributed by atoms with van der Waals surface area (Å²) in [5.74, 6) is -0.0641. The molecule has 3 rings (SSSR count). The van der Waals surface area contributed by atoms with Crippen LogP contribution in [0.2, 0.25) is 0 Å². The molecule has 1 atom stereocenters. The molecular weight excluding hydrogens is 251 g/mol. The van der Waals surface area contributed by atoms with Crippen LogP contribution in [0.3, 0.4) is 0 Å². The van der Waals surface area contributed by atoms with E-state index in [1.807, 2.05) is 17.5 Å². The van der Waals surface area contributed by atoms with Crippen molar-refractivity contribution in [2.45, 2.75) is 12.5 Å². The molecule has 1 N–H and O–H groups in total. The minimum Gasteiger partial charge on any atom is -0.455 e. The van der Waals surface area contributed by atoms with Gasteiger partial charge in [-0.1, -0.05) is 18.2 Å². The van der Waals surface area contributed by atoms with Crippen LogP contribution in [-0.2, 0) is 5.60 Å². The standard InChI is InChI=1S/C14H11FO2S/c1-14(16,12-6-3-7-18-12)11-8-9-4-2-5-10(15)13(9)17-11/h2-8,16H,1H3. The molecule has 1 unspecified atom stereocenters. The molecular formula is C14H11FO2S. The van der Waals surface area contributed by atoms with Gasteiger partial charge in [-0.2, -0.15) is 0 Å². The largest absolute Gasteiger partial charge is 0.455 e. The summed E-state index contributed by atoms with van der Waals surface area (Å²) in [6.45, 7) is 1.65. The number of benzene rings is 1. The first-order valence-corrected chi connectivity index (χ1v) is 6.42. The van der Waals surface area contributed by atoms with Crippen LogP contribution >= 0.6 is 11.3 Å². The smallest absolute Gasteiger partial charge is 0.170 e. The van der Waals surface area contributed by atoms with Crippen LogP contribution in [0.15, 0.2) is 46.2 Å². The molecule has 2 heterocycles. The average molecular weight is 262 g/mol. The highest BCUT2D eigenvalue weighted by Gasteiger charge is 2.31. The van der Waals surface area contributed by atoms with Crippen LogP contribution in [0.5, 0.6) is 0 Å². The number of aliphatic hydroxyl groups is 1. The third-order valence-electron chi connectivity index (χ3n) is 2.98. The number of fused-ring (bicyclic) bond motifs is 1. The highest BCUT2D eigenvalue weighted by molar-refractivity contribution is 7.10. The van der Waals surface area contributed by atoms with Gasteiger partial charge in [0.05, 0.1) is 0 Å². The number of furan rings is 1. The summed E-state index contributed by atoms with van der Waals surface area (Å²) in [7, 11) is 0. The highest BCUT2D eigenvalue weighted by atomic mass is 32.1. The molecule has 4 heteroatoms. The van der Waals surface area contributed by atoms with Crippen molar-refractivity contribution < 1.29 is 13.9 Å². The van der Waals surface area contributed by atoms with E-state index in [1.54, 1.807) is 25.1 Å². The summed E-state index contributed by atoms with van der Waals surface area (Å²) in [5.41, 5.74) is -1.05. The quantitative estimate of drug-likeness (QED) is 0.760. The van der Waals surface area contributed by atoms with Gasteiger partial charge in [-0.25, -0.2) is 4.39 Å². The Morgan fingerprint density at radius 2 is 2.11 bits per heavy atom. The molecule has 0 aliphatic rings. The lowest BCUT2D eigenvalue weighted by molar-refractivity contribution is 0.0822. The number of rotatable bonds is 2. The molecule has 0 amide bonds. The summed E-state index contributed by atoms with van der Waals surface area (Å²) in [6.07, 6.45) is 0. The fourth-order valence-electron chi connectivity index (χ4n) is 1.94. The van der Waals surface area contributed by atoms with E-state index in [4.69, 9.17) is 4.42 Å². The monoisotopic (exact) mass is 262 g/mol. The van der Waals surface area contributed by atoms with Crippen molar-refractivity contribution in [3.05, 3.63) is 58.2 Å². The summed E-state index contributed by atoms with van der Waals surface area (Å²) in [4.78, 5) is 0.766. The van der Waals surface area contributed by atoms with Crippen LogP contribution in [0.25, 0.3) is 11.0 Å². The number of thiophene rings is 1. The highest BCUT2D eigenvalue weighted by Crippen LogP contribution is 2.35. The van der Waals surface area contributed by atoms with Crippen LogP contribution in [0, 0.1) is 5.82 Å². The van der Waals surface area contributed by atoms with Crippen LogP contribution < -0.4 is 0 Å². The second kappa shape index (κ2) is 3.93. The average Bonchev–Trinajstić information content (AvgIpc) is 2.99. The minimum absolute atomic E-state index is 0.185. The number of hydrogen-bond donors (Lipinski definition) is 1. The van der Waals surface area contributed by atoms with Crippen molar-refractivity contribution in [3.63, 3.8) is 0 Å². The fraction of sp³-hybridized carbons (Fsp3) is 0.143. The molecule has 0 aliphatic carbocycles. The van der Waals surface area contributed by atoms with Crippen LogP contribution in [-0.4, -0.2) is 5.11 Å². The molecule has 0 saturated carbocycles. The lowest BCUT2D eigenvalue weighted by Gasteiger charge is -2.18. The van der Waals surface area contributed by atoms with Gasteiger partial charge in [-0.05, 0) is 30.5 Å². The van der Waals surface area contributed by atoms with Gasteiger partial charge in [-0.15, -0.1) is 11.3 Å². The number of halogens is 1. The van der Waals surface area contributed by atoms with Crippen molar-refractivity contribution in [2.75, 3.05) is 0 Å². The van der Waals surface area contributed by atoms with Gasteiger partial charge in [0.15, 0.2) is 17.0 Å². The van der Waals surface area contributed by atoms with E-state index < -0.39 is 11.4 Å². The second-order valence-corrected chi connectivity index (χ2v) is 5.27. The van der Waals surface area contributed by atoms with Crippen molar-refractivity contribution in [2.24, 2.45) is 0 Å². The van der Waals surface area contributed by atoms with Gasteiger partial charge >= 0.3 is 0 Å². The molecule has 2 nitrogen and oxygen atoms in total. The summed E-state index contributed by atoms with van der Waals surface area (Å²) < 4.78 is 19.0. The lowest BCUT2D eigenvalue weighted by Crippen LogP contribution is -2.20. The van der Waals surface area contributed by atoms with Gasteiger partial charge in [0.25, 0.3) is 0 Å². The molecule has 1 aromatic carbocycles. The van der Waals surface area contributed by atoms with Crippen LogP contribution in [0.4, 0.5) is 4.39 Å². The van der Waals surface area contributed by atoms with Gasteiger partial charge in [0, 0.05) is 10.3 Å². The molecule has 0 spiro atoms. The molecule has 0 fully saturated rings. The Hall–Kier alpha value is -1.65. The van der Waals surface area contributed by atoms with Gasteiger partial charge in [0.1, 0.15) is 5.76 Å². The van der Waals surface area contributed by atoms with Crippen molar-refractivity contribution in [1.29, 1.82) is 0 Å². The fourth-order valence-corrected chi connectivity index (χ4v) is 2.74. The first kappa shape index (κ1) is 11.4. The van der Waals surface area contributed by atoms with E-state index in [0.717, 1.165) is 4.88 Å². The SMILES string of the molecule is CC(O)(c1cc2cccc(F)c2o1)c1cccs1. The van der Waals surface area contributed by atoms with Crippen molar-refractivity contribution >= 4 is 22.3 Å². The number of para-hydroxylation sites is 1. The molecule has 2 aromatic heterocycles. The van der Waals surface area contributed by atoms with E-state index in [1.165, 1.54) is 17.4 Å². The Morgan fingerprint density at radius 1 is 1.28 bits per heavy atom. The van der Waals surface area contributed by atoms with E-state index in [-0.39, 0.29) is 5.58 Å². The normalized spacial score (nSPS) is 14.8. The summed E-state index contributed by atoms with van der Waals surface area (Å²) in [6, 6.07) is 10.1. The summed E-state index contributed by atoms with van der Waals surface area (Å²) >= 11 is 1.44. The first-order valence-electron chi connectivity index (χ1n) is 5.54. The van der Waals surface area contributed by atoms with Crippen molar-refractivity contribution in [3.8, 4) is 0 Å². The Labute approximate surface area is 107 Å². The topological polar surface area (TPSA) is 33.4 Å². The van der Waals surface area contributed by atoms with Gasteiger partial charge in [-0.3, -0.25) is 0 Å². The summed E-state index contributed by atoms with van der Waals surface area (Å²) in [5, 5.41) is 13.1. The zero-order valence-electron chi connectivity index (χ0n) is 9.68. The molecule has 3 aromatic rings. The Morgan fingerprint density at radius 3 is 2.78 bits per heavy atom. The maximum atomic E-state index is 13.6. The van der Waals surface area contributed by atoms with E-state index >= 15 is 0 Å². The first-order chi connectivity index (χ1) is 8.59. The van der Waals surface area contributed by atoms with Crippen molar-refractivity contribution in [1.82, 2.24) is 0 Å². The molecule has 0 radical (unpaired) electrons. The van der Waals surface area contributed by atoms with Gasteiger partial charge in [0.2, 0.25) is 0 Å². The van der Waals surface area contributed by atoms with E-state index in [9.17, 15) is 9.50 Å². The van der Waals surface area contributed by atoms with Crippen LogP contribution in [0.1, 0.15) is 17.6 Å². The van der Waals surface area contributed by atoms with Gasteiger partial charge < -0.3 is 9.52 Å². The third kappa shape index (κ3) is 1.65. The Balaban J connectivity index is 2.18. The lowest BCUT2D eigenvalue weighted by atomic mass is 10.0. The molecule has 0 aliphatic heterocycles. The maximum absolute atomic E-state index is 13.6. The minimum atomic E-state index is -1.24. The zero-order valence-corrected chi connectivity index (χ0v) is 10.5. The second-order valence-electron chi connectivity index (χ2n) is 4.32. The predicted molar refractivity (Wildman–Crippen MR) is 69.2 cm³/mol. The molecule has 0 saturated heterocycles. The van der Waals surface area contributed by atoms with E-state index in [0.29, 0.717) is 11.1 Å². The molecule has 92 valence electrons. The Bertz CT molecular complexity index is 683. The van der Waals surface area contributed by atoms with E-state index in [2.05, 4.69) is 0 Å².